The third kappa shape index (κ3) is 4.75. The van der Waals surface area contributed by atoms with Crippen molar-refractivity contribution in [2.75, 3.05) is 0 Å². The third-order valence-electron chi connectivity index (χ3n) is 5.80. The Balaban J connectivity index is 0.00000280. The van der Waals surface area contributed by atoms with Crippen molar-refractivity contribution in [3.8, 4) is 28.6 Å². The van der Waals surface area contributed by atoms with Crippen molar-refractivity contribution < 1.29 is 39.0 Å². The SMILES string of the molecule is FC(F)(F)c1ccc(-n2c3[c-]c(-c4[c-]c(Oc5ccccn5)ccc4)ccc3c3ccccc32)nc1.[Pt+2]. The Labute approximate surface area is 224 Å². The Morgan fingerprint density at radius 2 is 1.54 bits per heavy atom. The molecule has 0 amide bonds. The largest absolute Gasteiger partial charge is 2.00 e. The van der Waals surface area contributed by atoms with Gasteiger partial charge in [0.05, 0.1) is 5.56 Å². The predicted molar refractivity (Wildman–Crippen MR) is 131 cm³/mol. The second-order valence-corrected chi connectivity index (χ2v) is 8.09. The van der Waals surface area contributed by atoms with Gasteiger partial charge in [0.1, 0.15) is 5.82 Å². The average Bonchev–Trinajstić information content (AvgIpc) is 3.23. The molecule has 6 rings (SSSR count). The van der Waals surface area contributed by atoms with Gasteiger partial charge >= 0.3 is 27.2 Å². The van der Waals surface area contributed by atoms with Crippen LogP contribution in [-0.4, -0.2) is 14.5 Å². The number of halogens is 3. The Morgan fingerprint density at radius 1 is 0.730 bits per heavy atom. The van der Waals surface area contributed by atoms with E-state index in [0.29, 0.717) is 23.0 Å². The van der Waals surface area contributed by atoms with Gasteiger partial charge in [-0.1, -0.05) is 29.7 Å². The first-order valence-electron chi connectivity index (χ1n) is 11.1. The number of fused-ring (bicyclic) bond motifs is 3. The van der Waals surface area contributed by atoms with Crippen molar-refractivity contribution in [2.24, 2.45) is 0 Å². The quantitative estimate of drug-likeness (QED) is 0.181. The van der Waals surface area contributed by atoms with Gasteiger partial charge in [0.25, 0.3) is 0 Å². The molecule has 0 unspecified atom stereocenters. The molecule has 6 aromatic rings. The van der Waals surface area contributed by atoms with Gasteiger partial charge < -0.3 is 9.30 Å². The van der Waals surface area contributed by atoms with Crippen LogP contribution in [0.5, 0.6) is 11.6 Å². The Bertz CT molecular complexity index is 1700. The molecule has 0 N–H and O–H groups in total. The van der Waals surface area contributed by atoms with Gasteiger partial charge in [-0.15, -0.1) is 18.2 Å². The number of alkyl halides is 3. The molecular weight excluding hydrogens is 658 g/mol. The summed E-state index contributed by atoms with van der Waals surface area (Å²) < 4.78 is 47.0. The number of hydrogen-bond donors (Lipinski definition) is 0. The first-order chi connectivity index (χ1) is 17.5. The van der Waals surface area contributed by atoms with Crippen molar-refractivity contribution in [3.63, 3.8) is 0 Å². The summed E-state index contributed by atoms with van der Waals surface area (Å²) in [5.74, 6) is 1.34. The first-order valence-corrected chi connectivity index (χ1v) is 11.1. The van der Waals surface area contributed by atoms with E-state index in [1.807, 2.05) is 65.2 Å². The van der Waals surface area contributed by atoms with E-state index in [1.54, 1.807) is 18.3 Å². The molecule has 3 aromatic carbocycles. The standard InChI is InChI=1S/C29H16F3N3O.Pt/c30-29(31,32)21-12-14-27(34-18-21)35-25-9-2-1-8-23(25)24-13-11-20(17-26(24)35)19-6-5-7-22(16-19)36-28-10-3-4-15-33-28;/h1-15,18H;/q-2;+2. The van der Waals surface area contributed by atoms with Crippen LogP contribution in [0.4, 0.5) is 13.2 Å². The minimum atomic E-state index is -4.45. The summed E-state index contributed by atoms with van der Waals surface area (Å²) >= 11 is 0. The topological polar surface area (TPSA) is 39.9 Å². The van der Waals surface area contributed by atoms with Crippen molar-refractivity contribution in [3.05, 3.63) is 115 Å². The summed E-state index contributed by atoms with van der Waals surface area (Å²) in [5, 5.41) is 1.87. The van der Waals surface area contributed by atoms with Gasteiger partial charge in [0.2, 0.25) is 5.88 Å². The van der Waals surface area contributed by atoms with Crippen molar-refractivity contribution in [1.29, 1.82) is 0 Å². The van der Waals surface area contributed by atoms with Crippen molar-refractivity contribution >= 4 is 21.8 Å². The normalized spacial score (nSPS) is 11.4. The number of benzene rings is 3. The summed E-state index contributed by atoms with van der Waals surface area (Å²) in [6.07, 6.45) is -1.95. The van der Waals surface area contributed by atoms with Crippen LogP contribution in [0, 0.1) is 12.1 Å². The van der Waals surface area contributed by atoms with E-state index in [0.717, 1.165) is 39.7 Å². The summed E-state index contributed by atoms with van der Waals surface area (Å²) in [5.41, 5.74) is 2.23. The number of hydrogen-bond acceptors (Lipinski definition) is 3. The molecule has 0 spiro atoms. The van der Waals surface area contributed by atoms with Crippen LogP contribution in [-0.2, 0) is 27.2 Å². The van der Waals surface area contributed by atoms with Crippen LogP contribution in [0.1, 0.15) is 5.56 Å². The van der Waals surface area contributed by atoms with Gasteiger partial charge in [-0.2, -0.15) is 37.4 Å². The van der Waals surface area contributed by atoms with E-state index < -0.39 is 11.7 Å². The molecule has 0 fully saturated rings. The summed E-state index contributed by atoms with van der Waals surface area (Å²) in [6, 6.07) is 31.7. The summed E-state index contributed by atoms with van der Waals surface area (Å²) in [7, 11) is 0. The molecule has 37 heavy (non-hydrogen) atoms. The Morgan fingerprint density at radius 3 is 2.30 bits per heavy atom. The molecule has 0 bridgehead atoms. The predicted octanol–water partition coefficient (Wildman–Crippen LogP) is 7.65. The molecule has 8 heteroatoms. The minimum Gasteiger partial charge on any atom is -0.460 e. The molecule has 0 aliphatic rings. The first kappa shape index (κ1) is 24.7. The van der Waals surface area contributed by atoms with Gasteiger partial charge in [0.15, 0.2) is 0 Å². The molecule has 0 radical (unpaired) electrons. The van der Waals surface area contributed by atoms with Gasteiger partial charge in [-0.3, -0.25) is 0 Å². The van der Waals surface area contributed by atoms with Crippen molar-refractivity contribution in [1.82, 2.24) is 14.5 Å². The Kier molecular flexibility index (Phi) is 6.57. The second-order valence-electron chi connectivity index (χ2n) is 8.09. The summed E-state index contributed by atoms with van der Waals surface area (Å²) in [6.45, 7) is 0. The minimum absolute atomic E-state index is 0. The van der Waals surface area contributed by atoms with E-state index in [1.165, 1.54) is 6.07 Å². The molecule has 3 aromatic heterocycles. The van der Waals surface area contributed by atoms with Gasteiger partial charge in [-0.25, -0.2) is 21.1 Å². The molecule has 0 saturated heterocycles. The maximum atomic E-state index is 13.1. The van der Waals surface area contributed by atoms with Gasteiger partial charge in [-0.05, 0) is 35.2 Å². The molecule has 184 valence electrons. The number of aromatic nitrogens is 3. The van der Waals surface area contributed by atoms with Crippen LogP contribution in [0.25, 0.3) is 38.8 Å². The average molecular weight is 675 g/mol. The number of para-hydroxylation sites is 1. The number of nitrogens with zero attached hydrogens (tertiary/aromatic N) is 3. The molecule has 0 aliphatic carbocycles. The fourth-order valence-corrected chi connectivity index (χ4v) is 4.16. The van der Waals surface area contributed by atoms with E-state index in [-0.39, 0.29) is 21.1 Å². The zero-order valence-corrected chi connectivity index (χ0v) is 21.2. The molecule has 0 aliphatic heterocycles. The molecule has 0 atom stereocenters. The van der Waals surface area contributed by atoms with Crippen LogP contribution in [0.2, 0.25) is 0 Å². The van der Waals surface area contributed by atoms with E-state index in [2.05, 4.69) is 22.1 Å². The zero-order chi connectivity index (χ0) is 24.7. The zero-order valence-electron chi connectivity index (χ0n) is 18.9. The van der Waals surface area contributed by atoms with E-state index in [9.17, 15) is 13.2 Å². The maximum absolute atomic E-state index is 13.1. The Hall–Kier alpha value is -3.96. The third-order valence-corrected chi connectivity index (χ3v) is 5.80. The van der Waals surface area contributed by atoms with Gasteiger partial charge in [0, 0.05) is 29.7 Å². The second kappa shape index (κ2) is 9.83. The van der Waals surface area contributed by atoms with Crippen LogP contribution < -0.4 is 4.74 Å². The summed E-state index contributed by atoms with van der Waals surface area (Å²) in [4.78, 5) is 8.32. The molecular formula is C29H16F3N3OPt. The van der Waals surface area contributed by atoms with Crippen LogP contribution in [0.15, 0.2) is 97.3 Å². The molecule has 4 nitrogen and oxygen atoms in total. The van der Waals surface area contributed by atoms with E-state index in [4.69, 9.17) is 4.74 Å². The van der Waals surface area contributed by atoms with Crippen LogP contribution in [0.3, 0.4) is 0 Å². The smallest absolute Gasteiger partial charge is 0.460 e. The number of rotatable bonds is 4. The maximum Gasteiger partial charge on any atom is 2.00 e. The van der Waals surface area contributed by atoms with Crippen molar-refractivity contribution in [2.45, 2.75) is 6.18 Å². The van der Waals surface area contributed by atoms with Crippen LogP contribution >= 0.6 is 0 Å². The fraction of sp³-hybridized carbons (Fsp3) is 0.0345. The molecule has 0 saturated carbocycles. The fourth-order valence-electron chi connectivity index (χ4n) is 4.16. The van der Waals surface area contributed by atoms with E-state index >= 15 is 0 Å². The monoisotopic (exact) mass is 674 g/mol. The number of pyridine rings is 2. The molecule has 3 heterocycles. The number of ether oxygens (including phenoxy) is 1.